The van der Waals surface area contributed by atoms with Gasteiger partial charge in [-0.05, 0) is 37.3 Å². The minimum Gasteiger partial charge on any atom is -0.309 e. The fourth-order valence-corrected chi connectivity index (χ4v) is 4.26. The molecule has 0 bridgehead atoms. The van der Waals surface area contributed by atoms with Crippen LogP contribution in [0.1, 0.15) is 31.1 Å². The molecule has 0 fully saturated rings. The SMILES string of the molecule is CCN(C(=O)c1cccc(S(=O)(=O)N(CC)CC)c1)c1ccc(F)c(F)c1. The molecule has 0 saturated carbocycles. The number of anilines is 1. The summed E-state index contributed by atoms with van der Waals surface area (Å²) >= 11 is 0. The Morgan fingerprint density at radius 3 is 2.15 bits per heavy atom. The number of amides is 1. The predicted octanol–water partition coefficient (Wildman–Crippen LogP) is 3.66. The number of carbonyl (C=O) groups excluding carboxylic acids is 1. The maximum atomic E-state index is 13.5. The van der Waals surface area contributed by atoms with Crippen LogP contribution in [0.3, 0.4) is 0 Å². The van der Waals surface area contributed by atoms with Gasteiger partial charge in [-0.1, -0.05) is 19.9 Å². The van der Waals surface area contributed by atoms with Gasteiger partial charge in [0, 0.05) is 37.0 Å². The summed E-state index contributed by atoms with van der Waals surface area (Å²) in [6, 6.07) is 8.90. The van der Waals surface area contributed by atoms with Gasteiger partial charge in [-0.3, -0.25) is 4.79 Å². The molecule has 27 heavy (non-hydrogen) atoms. The molecule has 2 aromatic rings. The normalized spacial score (nSPS) is 11.6. The summed E-state index contributed by atoms with van der Waals surface area (Å²) in [5.74, 6) is -2.56. The molecular formula is C19H22F2N2O3S. The summed E-state index contributed by atoms with van der Waals surface area (Å²) in [6.45, 7) is 5.99. The van der Waals surface area contributed by atoms with Crippen LogP contribution in [0.15, 0.2) is 47.4 Å². The van der Waals surface area contributed by atoms with Gasteiger partial charge in [0.15, 0.2) is 11.6 Å². The van der Waals surface area contributed by atoms with Crippen LogP contribution < -0.4 is 4.90 Å². The summed E-state index contributed by atoms with van der Waals surface area (Å²) in [6.07, 6.45) is 0. The lowest BCUT2D eigenvalue weighted by Gasteiger charge is -2.22. The molecule has 2 aromatic carbocycles. The molecule has 0 aliphatic heterocycles. The largest absolute Gasteiger partial charge is 0.309 e. The van der Waals surface area contributed by atoms with Crippen molar-refractivity contribution in [3.05, 3.63) is 59.7 Å². The van der Waals surface area contributed by atoms with Gasteiger partial charge < -0.3 is 4.90 Å². The molecule has 146 valence electrons. The van der Waals surface area contributed by atoms with Crippen molar-refractivity contribution in [3.8, 4) is 0 Å². The van der Waals surface area contributed by atoms with E-state index in [0.29, 0.717) is 13.1 Å². The van der Waals surface area contributed by atoms with E-state index in [9.17, 15) is 22.0 Å². The second-order valence-electron chi connectivity index (χ2n) is 5.76. The highest BCUT2D eigenvalue weighted by Crippen LogP contribution is 2.22. The topological polar surface area (TPSA) is 57.7 Å². The first kappa shape index (κ1) is 21.0. The van der Waals surface area contributed by atoms with E-state index < -0.39 is 27.6 Å². The molecule has 0 spiro atoms. The molecule has 2 rings (SSSR count). The Bertz CT molecular complexity index is 928. The Kier molecular flexibility index (Phi) is 6.67. The summed E-state index contributed by atoms with van der Waals surface area (Å²) in [4.78, 5) is 14.1. The molecule has 0 saturated heterocycles. The molecule has 0 unspecified atom stereocenters. The van der Waals surface area contributed by atoms with Crippen LogP contribution in [0.5, 0.6) is 0 Å². The second kappa shape index (κ2) is 8.58. The van der Waals surface area contributed by atoms with Gasteiger partial charge in [0.2, 0.25) is 10.0 Å². The van der Waals surface area contributed by atoms with Gasteiger partial charge in [-0.25, -0.2) is 17.2 Å². The highest BCUT2D eigenvalue weighted by atomic mass is 32.2. The van der Waals surface area contributed by atoms with E-state index in [1.807, 2.05) is 0 Å². The van der Waals surface area contributed by atoms with Crippen molar-refractivity contribution in [3.63, 3.8) is 0 Å². The number of halogens is 2. The van der Waals surface area contributed by atoms with Gasteiger partial charge in [0.05, 0.1) is 4.90 Å². The first-order chi connectivity index (χ1) is 12.8. The van der Waals surface area contributed by atoms with Crippen LogP contribution in [0.4, 0.5) is 14.5 Å². The van der Waals surface area contributed by atoms with E-state index in [1.165, 1.54) is 39.5 Å². The number of sulfonamides is 1. The van der Waals surface area contributed by atoms with Crippen molar-refractivity contribution in [2.75, 3.05) is 24.5 Å². The third-order valence-corrected chi connectivity index (χ3v) is 6.25. The maximum Gasteiger partial charge on any atom is 0.258 e. The van der Waals surface area contributed by atoms with Crippen LogP contribution in [0.2, 0.25) is 0 Å². The van der Waals surface area contributed by atoms with Crippen LogP contribution >= 0.6 is 0 Å². The lowest BCUT2D eigenvalue weighted by atomic mass is 10.1. The highest BCUT2D eigenvalue weighted by molar-refractivity contribution is 7.89. The Balaban J connectivity index is 2.42. The van der Waals surface area contributed by atoms with Crippen molar-refractivity contribution in [1.82, 2.24) is 4.31 Å². The molecule has 0 aliphatic rings. The van der Waals surface area contributed by atoms with Crippen molar-refractivity contribution in [2.45, 2.75) is 25.7 Å². The van der Waals surface area contributed by atoms with E-state index in [2.05, 4.69) is 0 Å². The van der Waals surface area contributed by atoms with E-state index in [1.54, 1.807) is 20.8 Å². The number of benzene rings is 2. The third-order valence-electron chi connectivity index (χ3n) is 4.20. The molecule has 0 aromatic heterocycles. The molecule has 8 heteroatoms. The first-order valence-corrected chi connectivity index (χ1v) is 10.1. The average molecular weight is 396 g/mol. The van der Waals surface area contributed by atoms with Gasteiger partial charge >= 0.3 is 0 Å². The standard InChI is InChI=1S/C19H22F2N2O3S/c1-4-22(5-2)27(25,26)16-9-7-8-14(12-16)19(24)23(6-3)15-10-11-17(20)18(21)13-15/h7-13H,4-6H2,1-3H3. The number of hydrogen-bond donors (Lipinski definition) is 0. The number of rotatable bonds is 7. The van der Waals surface area contributed by atoms with Crippen LogP contribution in [0, 0.1) is 11.6 Å². The molecule has 0 N–H and O–H groups in total. The Hall–Kier alpha value is -2.32. The lowest BCUT2D eigenvalue weighted by Crippen LogP contribution is -2.32. The molecule has 0 heterocycles. The summed E-state index contributed by atoms with van der Waals surface area (Å²) < 4.78 is 53.3. The van der Waals surface area contributed by atoms with Crippen LogP contribution in [0.25, 0.3) is 0 Å². The maximum absolute atomic E-state index is 13.5. The molecule has 0 aliphatic carbocycles. The number of nitrogens with zero attached hydrogens (tertiary/aromatic N) is 2. The minimum absolute atomic E-state index is 0.0124. The van der Waals surface area contributed by atoms with E-state index in [4.69, 9.17) is 0 Å². The average Bonchev–Trinajstić information content (AvgIpc) is 2.66. The van der Waals surface area contributed by atoms with Gasteiger partial charge in [0.25, 0.3) is 5.91 Å². The van der Waals surface area contributed by atoms with Gasteiger partial charge in [-0.15, -0.1) is 0 Å². The van der Waals surface area contributed by atoms with Crippen molar-refractivity contribution < 1.29 is 22.0 Å². The summed E-state index contributed by atoms with van der Waals surface area (Å²) in [7, 11) is -3.71. The fraction of sp³-hybridized carbons (Fsp3) is 0.316. The van der Waals surface area contributed by atoms with E-state index in [0.717, 1.165) is 12.1 Å². The molecule has 0 atom stereocenters. The smallest absolute Gasteiger partial charge is 0.258 e. The Labute approximate surface area is 158 Å². The lowest BCUT2D eigenvalue weighted by molar-refractivity contribution is 0.0988. The highest BCUT2D eigenvalue weighted by Gasteiger charge is 2.24. The fourth-order valence-electron chi connectivity index (χ4n) is 2.75. The zero-order valence-corrected chi connectivity index (χ0v) is 16.3. The molecule has 1 amide bonds. The second-order valence-corrected chi connectivity index (χ2v) is 7.70. The monoisotopic (exact) mass is 396 g/mol. The summed E-state index contributed by atoms with van der Waals surface area (Å²) in [5, 5.41) is 0. The quantitative estimate of drug-likeness (QED) is 0.718. The van der Waals surface area contributed by atoms with Gasteiger partial charge in [-0.2, -0.15) is 4.31 Å². The Morgan fingerprint density at radius 2 is 1.59 bits per heavy atom. The van der Waals surface area contributed by atoms with Gasteiger partial charge in [0.1, 0.15) is 0 Å². The van der Waals surface area contributed by atoms with Crippen molar-refractivity contribution >= 4 is 21.6 Å². The minimum atomic E-state index is -3.71. The van der Waals surface area contributed by atoms with Crippen LogP contribution in [-0.4, -0.2) is 38.3 Å². The first-order valence-electron chi connectivity index (χ1n) is 8.63. The third kappa shape index (κ3) is 4.33. The number of hydrogen-bond acceptors (Lipinski definition) is 3. The summed E-state index contributed by atoms with van der Waals surface area (Å²) in [5.41, 5.74) is 0.341. The van der Waals surface area contributed by atoms with E-state index >= 15 is 0 Å². The Morgan fingerprint density at radius 1 is 0.926 bits per heavy atom. The zero-order chi connectivity index (χ0) is 20.2. The van der Waals surface area contributed by atoms with Crippen molar-refractivity contribution in [1.29, 1.82) is 0 Å². The zero-order valence-electron chi connectivity index (χ0n) is 15.4. The van der Waals surface area contributed by atoms with Crippen molar-refractivity contribution in [2.24, 2.45) is 0 Å². The molecule has 5 nitrogen and oxygen atoms in total. The molecule has 0 radical (unpaired) electrons. The predicted molar refractivity (Wildman–Crippen MR) is 100 cm³/mol. The van der Waals surface area contributed by atoms with Crippen LogP contribution in [-0.2, 0) is 10.0 Å². The number of carbonyl (C=O) groups is 1. The van der Waals surface area contributed by atoms with E-state index in [-0.39, 0.29) is 22.7 Å². The molecular weight excluding hydrogens is 374 g/mol.